The third kappa shape index (κ3) is 4.85. The van der Waals surface area contributed by atoms with Gasteiger partial charge in [0.2, 0.25) is 0 Å². The first kappa shape index (κ1) is 18.5. The van der Waals surface area contributed by atoms with Gasteiger partial charge in [0.25, 0.3) is 5.91 Å². The fourth-order valence-corrected chi connectivity index (χ4v) is 3.11. The summed E-state index contributed by atoms with van der Waals surface area (Å²) in [7, 11) is 0. The third-order valence-corrected chi connectivity index (χ3v) is 4.63. The topological polar surface area (TPSA) is 41.1 Å². The SMILES string of the molecule is O=C(Nc1ccc(CC[C@@H]2CCCN2)cc1)c1ccc(C(F)(F)F)cc1. The summed E-state index contributed by atoms with van der Waals surface area (Å²) in [6, 6.07) is 12.4. The van der Waals surface area contributed by atoms with Crippen LogP contribution in [0.25, 0.3) is 0 Å². The van der Waals surface area contributed by atoms with Crippen LogP contribution >= 0.6 is 0 Å². The lowest BCUT2D eigenvalue weighted by Gasteiger charge is -2.11. The average Bonchev–Trinajstić information content (AvgIpc) is 3.14. The Morgan fingerprint density at radius 1 is 1.08 bits per heavy atom. The first-order valence-electron chi connectivity index (χ1n) is 8.73. The molecule has 1 fully saturated rings. The van der Waals surface area contributed by atoms with Crippen LogP contribution in [-0.2, 0) is 12.6 Å². The van der Waals surface area contributed by atoms with Crippen LogP contribution < -0.4 is 10.6 Å². The summed E-state index contributed by atoms with van der Waals surface area (Å²) < 4.78 is 37.7. The molecule has 1 aliphatic heterocycles. The maximum atomic E-state index is 12.6. The van der Waals surface area contributed by atoms with E-state index < -0.39 is 17.6 Å². The fraction of sp³-hybridized carbons (Fsp3) is 0.350. The van der Waals surface area contributed by atoms with E-state index >= 15 is 0 Å². The van der Waals surface area contributed by atoms with E-state index in [-0.39, 0.29) is 5.56 Å². The van der Waals surface area contributed by atoms with Gasteiger partial charge in [0.05, 0.1) is 5.56 Å². The molecule has 0 aliphatic carbocycles. The second-order valence-corrected chi connectivity index (χ2v) is 6.56. The Morgan fingerprint density at radius 2 is 1.77 bits per heavy atom. The summed E-state index contributed by atoms with van der Waals surface area (Å²) in [6.45, 7) is 1.10. The van der Waals surface area contributed by atoms with Crippen LogP contribution in [0.3, 0.4) is 0 Å². The van der Waals surface area contributed by atoms with Crippen molar-refractivity contribution in [2.24, 2.45) is 0 Å². The van der Waals surface area contributed by atoms with Crippen molar-refractivity contribution in [1.82, 2.24) is 5.32 Å². The van der Waals surface area contributed by atoms with Crippen molar-refractivity contribution in [3.05, 3.63) is 65.2 Å². The largest absolute Gasteiger partial charge is 0.416 e. The zero-order valence-electron chi connectivity index (χ0n) is 14.3. The van der Waals surface area contributed by atoms with Crippen molar-refractivity contribution >= 4 is 11.6 Å². The molecule has 1 heterocycles. The first-order chi connectivity index (χ1) is 12.4. The molecule has 2 aromatic carbocycles. The van der Waals surface area contributed by atoms with Crippen molar-refractivity contribution in [2.45, 2.75) is 37.9 Å². The molecule has 3 nitrogen and oxygen atoms in total. The fourth-order valence-electron chi connectivity index (χ4n) is 3.11. The highest BCUT2D eigenvalue weighted by Crippen LogP contribution is 2.29. The van der Waals surface area contributed by atoms with E-state index in [0.29, 0.717) is 11.7 Å². The van der Waals surface area contributed by atoms with Crippen LogP contribution in [-0.4, -0.2) is 18.5 Å². The van der Waals surface area contributed by atoms with Gasteiger partial charge in [-0.1, -0.05) is 12.1 Å². The van der Waals surface area contributed by atoms with Crippen molar-refractivity contribution in [3.8, 4) is 0 Å². The number of aryl methyl sites for hydroxylation is 1. The van der Waals surface area contributed by atoms with Crippen LogP contribution in [0.1, 0.15) is 40.7 Å². The number of hydrogen-bond acceptors (Lipinski definition) is 2. The highest BCUT2D eigenvalue weighted by atomic mass is 19.4. The second kappa shape index (κ2) is 7.91. The van der Waals surface area contributed by atoms with Crippen LogP contribution in [0.2, 0.25) is 0 Å². The van der Waals surface area contributed by atoms with Crippen LogP contribution in [0.15, 0.2) is 48.5 Å². The molecule has 1 atom stereocenters. The zero-order valence-corrected chi connectivity index (χ0v) is 14.3. The van der Waals surface area contributed by atoms with Gasteiger partial charge in [-0.2, -0.15) is 13.2 Å². The molecule has 0 spiro atoms. The summed E-state index contributed by atoms with van der Waals surface area (Å²) in [5.74, 6) is -0.429. The van der Waals surface area contributed by atoms with E-state index in [9.17, 15) is 18.0 Å². The molecule has 138 valence electrons. The van der Waals surface area contributed by atoms with Gasteiger partial charge in [0.1, 0.15) is 0 Å². The lowest BCUT2D eigenvalue weighted by molar-refractivity contribution is -0.137. The highest BCUT2D eigenvalue weighted by Gasteiger charge is 2.30. The van der Waals surface area contributed by atoms with Crippen molar-refractivity contribution in [3.63, 3.8) is 0 Å². The molecule has 0 aromatic heterocycles. The van der Waals surface area contributed by atoms with Crippen molar-refractivity contribution in [1.29, 1.82) is 0 Å². The van der Waals surface area contributed by atoms with Gasteiger partial charge in [-0.05, 0) is 74.2 Å². The van der Waals surface area contributed by atoms with Gasteiger partial charge in [-0.25, -0.2) is 0 Å². The minimum Gasteiger partial charge on any atom is -0.322 e. The Balaban J connectivity index is 1.55. The Kier molecular flexibility index (Phi) is 5.61. The summed E-state index contributed by atoms with van der Waals surface area (Å²) in [5.41, 5.74) is 1.24. The number of alkyl halides is 3. The van der Waals surface area contributed by atoms with E-state index in [1.807, 2.05) is 24.3 Å². The lowest BCUT2D eigenvalue weighted by atomic mass is 10.0. The molecule has 2 N–H and O–H groups in total. The standard InChI is InChI=1S/C20H21F3N2O/c21-20(22,23)16-8-6-15(7-9-16)19(26)25-18-11-4-14(5-12-18)3-10-17-2-1-13-24-17/h4-9,11-12,17,24H,1-3,10,13H2,(H,25,26)/t17-/m0/s1. The third-order valence-electron chi connectivity index (χ3n) is 4.63. The molecule has 3 rings (SSSR count). The minimum atomic E-state index is -4.40. The van der Waals surface area contributed by atoms with Gasteiger partial charge < -0.3 is 10.6 Å². The number of carbonyl (C=O) groups is 1. The second-order valence-electron chi connectivity index (χ2n) is 6.56. The van der Waals surface area contributed by atoms with Gasteiger partial charge in [-0.15, -0.1) is 0 Å². The number of benzene rings is 2. The predicted octanol–water partition coefficient (Wildman–Crippen LogP) is 4.64. The van der Waals surface area contributed by atoms with Crippen molar-refractivity contribution < 1.29 is 18.0 Å². The maximum absolute atomic E-state index is 12.6. The zero-order chi connectivity index (χ0) is 18.6. The predicted molar refractivity (Wildman–Crippen MR) is 95.2 cm³/mol. The molecule has 0 unspecified atom stereocenters. The minimum absolute atomic E-state index is 0.189. The van der Waals surface area contributed by atoms with E-state index in [1.165, 1.54) is 30.5 Å². The highest BCUT2D eigenvalue weighted by molar-refractivity contribution is 6.04. The molecule has 6 heteroatoms. The Morgan fingerprint density at radius 3 is 2.35 bits per heavy atom. The summed E-state index contributed by atoms with van der Waals surface area (Å²) in [4.78, 5) is 12.2. The lowest BCUT2D eigenvalue weighted by Crippen LogP contribution is -2.21. The molecule has 1 saturated heterocycles. The Bertz CT molecular complexity index is 733. The average molecular weight is 362 g/mol. The molecule has 0 radical (unpaired) electrons. The van der Waals surface area contributed by atoms with Gasteiger partial charge in [0.15, 0.2) is 0 Å². The van der Waals surface area contributed by atoms with E-state index in [4.69, 9.17) is 0 Å². The van der Waals surface area contributed by atoms with E-state index in [1.54, 1.807) is 0 Å². The monoisotopic (exact) mass is 362 g/mol. The van der Waals surface area contributed by atoms with Crippen molar-refractivity contribution in [2.75, 3.05) is 11.9 Å². The van der Waals surface area contributed by atoms with Crippen LogP contribution in [0.5, 0.6) is 0 Å². The van der Waals surface area contributed by atoms with Crippen LogP contribution in [0.4, 0.5) is 18.9 Å². The number of amides is 1. The number of anilines is 1. The number of hydrogen-bond donors (Lipinski definition) is 2. The molecule has 0 bridgehead atoms. The molecular weight excluding hydrogens is 341 g/mol. The number of nitrogens with one attached hydrogen (secondary N) is 2. The quantitative estimate of drug-likeness (QED) is 0.813. The van der Waals surface area contributed by atoms with E-state index in [0.717, 1.165) is 31.5 Å². The smallest absolute Gasteiger partial charge is 0.322 e. The summed E-state index contributed by atoms with van der Waals surface area (Å²) in [5, 5.41) is 6.18. The molecule has 1 amide bonds. The van der Waals surface area contributed by atoms with Crippen LogP contribution in [0, 0.1) is 0 Å². The summed E-state index contributed by atoms with van der Waals surface area (Å²) >= 11 is 0. The Labute approximate surface area is 150 Å². The van der Waals surface area contributed by atoms with Gasteiger partial charge in [-0.3, -0.25) is 4.79 Å². The molecular formula is C20H21F3N2O. The maximum Gasteiger partial charge on any atom is 0.416 e. The number of rotatable bonds is 5. The number of carbonyl (C=O) groups excluding carboxylic acids is 1. The molecule has 26 heavy (non-hydrogen) atoms. The molecule has 0 saturated carbocycles. The first-order valence-corrected chi connectivity index (χ1v) is 8.73. The van der Waals surface area contributed by atoms with E-state index in [2.05, 4.69) is 10.6 Å². The molecule has 1 aliphatic rings. The Hall–Kier alpha value is -2.34. The summed E-state index contributed by atoms with van der Waals surface area (Å²) in [6.07, 6.45) is 0.127. The van der Waals surface area contributed by atoms with Gasteiger partial charge >= 0.3 is 6.18 Å². The normalized spacial score (nSPS) is 17.3. The number of halogens is 3. The molecule has 2 aromatic rings. The van der Waals surface area contributed by atoms with Gasteiger partial charge in [0, 0.05) is 17.3 Å².